The Balaban J connectivity index is 0.000000750. The number of benzene rings is 2. The number of nitrogens with one attached hydrogen (secondary N) is 1. The molecule has 0 unspecified atom stereocenters. The van der Waals surface area contributed by atoms with Crippen molar-refractivity contribution in [3.63, 3.8) is 0 Å². The third-order valence-electron chi connectivity index (χ3n) is 2.41. The van der Waals surface area contributed by atoms with Gasteiger partial charge in [-0.05, 0) is 12.1 Å². The first-order chi connectivity index (χ1) is 6.45. The van der Waals surface area contributed by atoms with Gasteiger partial charge in [0.2, 0.25) is 0 Å². The lowest BCUT2D eigenvalue weighted by molar-refractivity contribution is 1.55. The zero-order valence-corrected chi connectivity index (χ0v) is 8.62. The number of hydrogen-bond acceptors (Lipinski definition) is 0. The number of H-pyrrole nitrogens is 1. The molecule has 0 atom stereocenters. The quantitative estimate of drug-likeness (QED) is 0.531. The van der Waals surface area contributed by atoms with Crippen molar-refractivity contribution in [1.82, 2.24) is 4.98 Å². The highest BCUT2D eigenvalue weighted by atomic mass is 28.1. The van der Waals surface area contributed by atoms with Crippen LogP contribution in [0, 0.1) is 0 Å². The van der Waals surface area contributed by atoms with E-state index in [-0.39, 0.29) is 11.0 Å². The first kappa shape index (κ1) is 9.03. The lowest BCUT2D eigenvalue weighted by Gasteiger charge is -1.87. The van der Waals surface area contributed by atoms with Gasteiger partial charge in [0.1, 0.15) is 0 Å². The van der Waals surface area contributed by atoms with E-state index in [1.165, 1.54) is 21.8 Å². The molecule has 2 aromatic carbocycles. The SMILES string of the molecule is [Si].c1ccc2c(c1)[nH]c1ccccc12. The van der Waals surface area contributed by atoms with Crippen LogP contribution in [0.1, 0.15) is 0 Å². The van der Waals surface area contributed by atoms with E-state index in [9.17, 15) is 0 Å². The first-order valence-corrected chi connectivity index (χ1v) is 4.40. The number of para-hydroxylation sites is 2. The van der Waals surface area contributed by atoms with Gasteiger partial charge in [-0.25, -0.2) is 0 Å². The maximum atomic E-state index is 3.38. The summed E-state index contributed by atoms with van der Waals surface area (Å²) in [7, 11) is 0. The van der Waals surface area contributed by atoms with Gasteiger partial charge in [0.05, 0.1) is 0 Å². The molecule has 0 fully saturated rings. The van der Waals surface area contributed by atoms with Gasteiger partial charge in [-0.15, -0.1) is 0 Å². The molecule has 0 amide bonds. The minimum Gasteiger partial charge on any atom is -0.355 e. The van der Waals surface area contributed by atoms with Gasteiger partial charge in [0, 0.05) is 32.8 Å². The second kappa shape index (κ2) is 3.31. The monoisotopic (exact) mass is 195 g/mol. The fraction of sp³-hybridized carbons (Fsp3) is 0. The molecule has 1 nitrogen and oxygen atoms in total. The van der Waals surface area contributed by atoms with Gasteiger partial charge >= 0.3 is 0 Å². The average Bonchev–Trinajstić information content (AvgIpc) is 2.56. The van der Waals surface area contributed by atoms with Crippen molar-refractivity contribution in [2.75, 3.05) is 0 Å². The second-order valence-corrected chi connectivity index (χ2v) is 3.22. The second-order valence-electron chi connectivity index (χ2n) is 3.22. The summed E-state index contributed by atoms with van der Waals surface area (Å²) < 4.78 is 0. The Bertz CT molecular complexity index is 518. The van der Waals surface area contributed by atoms with E-state index in [4.69, 9.17) is 0 Å². The molecule has 0 spiro atoms. The Kier molecular flexibility index (Phi) is 2.13. The number of aromatic amines is 1. The van der Waals surface area contributed by atoms with Crippen LogP contribution < -0.4 is 0 Å². The topological polar surface area (TPSA) is 15.8 Å². The summed E-state index contributed by atoms with van der Waals surface area (Å²) >= 11 is 0. The highest BCUT2D eigenvalue weighted by Gasteiger charge is 2.00. The molecule has 1 aromatic heterocycles. The lowest BCUT2D eigenvalue weighted by atomic mass is 10.2. The molecule has 14 heavy (non-hydrogen) atoms. The van der Waals surface area contributed by atoms with Gasteiger partial charge in [0.25, 0.3) is 0 Å². The maximum absolute atomic E-state index is 3.38. The number of aromatic nitrogens is 1. The molecular formula is C12H9NSi. The van der Waals surface area contributed by atoms with E-state index in [2.05, 4.69) is 53.5 Å². The lowest BCUT2D eigenvalue weighted by Crippen LogP contribution is -1.62. The molecule has 66 valence electrons. The first-order valence-electron chi connectivity index (χ1n) is 4.40. The molecule has 2 heteroatoms. The van der Waals surface area contributed by atoms with Crippen molar-refractivity contribution in [1.29, 1.82) is 0 Å². The largest absolute Gasteiger partial charge is 0.355 e. The molecule has 4 radical (unpaired) electrons. The van der Waals surface area contributed by atoms with Crippen LogP contribution in [-0.4, -0.2) is 15.9 Å². The van der Waals surface area contributed by atoms with Crippen LogP contribution >= 0.6 is 0 Å². The van der Waals surface area contributed by atoms with Crippen LogP contribution in [0.25, 0.3) is 21.8 Å². The fourth-order valence-electron chi connectivity index (χ4n) is 1.80. The molecule has 0 aliphatic carbocycles. The van der Waals surface area contributed by atoms with E-state index in [0.717, 1.165) is 0 Å². The van der Waals surface area contributed by atoms with Crippen LogP contribution in [-0.2, 0) is 0 Å². The Morgan fingerprint density at radius 2 is 1.07 bits per heavy atom. The Labute approximate surface area is 86.8 Å². The van der Waals surface area contributed by atoms with Crippen LogP contribution in [0.3, 0.4) is 0 Å². The van der Waals surface area contributed by atoms with E-state index in [1.807, 2.05) is 0 Å². The molecular weight excluding hydrogens is 186 g/mol. The summed E-state index contributed by atoms with van der Waals surface area (Å²) in [5, 5.41) is 2.61. The van der Waals surface area contributed by atoms with Gasteiger partial charge < -0.3 is 4.98 Å². The van der Waals surface area contributed by atoms with Gasteiger partial charge in [0.15, 0.2) is 0 Å². The van der Waals surface area contributed by atoms with Gasteiger partial charge in [-0.2, -0.15) is 0 Å². The fourth-order valence-corrected chi connectivity index (χ4v) is 1.80. The normalized spacial score (nSPS) is 10.3. The summed E-state index contributed by atoms with van der Waals surface area (Å²) in [5.74, 6) is 0. The molecule has 3 aromatic rings. The molecule has 0 aliphatic heterocycles. The Morgan fingerprint density at radius 3 is 1.57 bits per heavy atom. The van der Waals surface area contributed by atoms with E-state index >= 15 is 0 Å². The zero-order chi connectivity index (χ0) is 8.67. The van der Waals surface area contributed by atoms with Crippen LogP contribution in [0.5, 0.6) is 0 Å². The standard InChI is InChI=1S/C12H9N.Si/c1-3-7-11-9(5-1)10-6-2-4-8-12(10)13-11;/h1-8,13H;. The molecule has 0 saturated heterocycles. The van der Waals surface area contributed by atoms with Crippen molar-refractivity contribution in [2.45, 2.75) is 0 Å². The van der Waals surface area contributed by atoms with Gasteiger partial charge in [-0.1, -0.05) is 36.4 Å². The van der Waals surface area contributed by atoms with E-state index in [0.29, 0.717) is 0 Å². The van der Waals surface area contributed by atoms with Crippen LogP contribution in [0.2, 0.25) is 0 Å². The van der Waals surface area contributed by atoms with Crippen molar-refractivity contribution < 1.29 is 0 Å². The number of hydrogen-bond donors (Lipinski definition) is 1. The molecule has 0 aliphatic rings. The van der Waals surface area contributed by atoms with Crippen molar-refractivity contribution in [3.05, 3.63) is 48.5 Å². The Hall–Kier alpha value is -1.54. The summed E-state index contributed by atoms with van der Waals surface area (Å²) in [6, 6.07) is 16.8. The number of fused-ring (bicyclic) bond motifs is 3. The number of rotatable bonds is 0. The van der Waals surface area contributed by atoms with Gasteiger partial charge in [-0.3, -0.25) is 0 Å². The van der Waals surface area contributed by atoms with Crippen molar-refractivity contribution >= 4 is 32.8 Å². The summed E-state index contributed by atoms with van der Waals surface area (Å²) in [6.45, 7) is 0. The highest BCUT2D eigenvalue weighted by Crippen LogP contribution is 2.24. The molecule has 0 saturated carbocycles. The van der Waals surface area contributed by atoms with Crippen LogP contribution in [0.15, 0.2) is 48.5 Å². The molecule has 3 rings (SSSR count). The summed E-state index contributed by atoms with van der Waals surface area (Å²) in [6.07, 6.45) is 0. The third-order valence-corrected chi connectivity index (χ3v) is 2.41. The predicted octanol–water partition coefficient (Wildman–Crippen LogP) is 2.94. The summed E-state index contributed by atoms with van der Waals surface area (Å²) in [5.41, 5.74) is 2.42. The Morgan fingerprint density at radius 1 is 0.643 bits per heavy atom. The minimum absolute atomic E-state index is 0. The molecule has 1 heterocycles. The maximum Gasteiger partial charge on any atom is 0.0464 e. The predicted molar refractivity (Wildman–Crippen MR) is 61.6 cm³/mol. The highest BCUT2D eigenvalue weighted by molar-refractivity contribution is 6.06. The summed E-state index contributed by atoms with van der Waals surface area (Å²) in [4.78, 5) is 3.38. The molecule has 0 bridgehead atoms. The average molecular weight is 195 g/mol. The van der Waals surface area contributed by atoms with E-state index < -0.39 is 0 Å². The van der Waals surface area contributed by atoms with Crippen molar-refractivity contribution in [2.24, 2.45) is 0 Å². The minimum atomic E-state index is 0. The third kappa shape index (κ3) is 1.15. The van der Waals surface area contributed by atoms with Crippen LogP contribution in [0.4, 0.5) is 0 Å². The zero-order valence-electron chi connectivity index (χ0n) is 7.62. The van der Waals surface area contributed by atoms with E-state index in [1.54, 1.807) is 0 Å². The smallest absolute Gasteiger partial charge is 0.0464 e. The van der Waals surface area contributed by atoms with Crippen molar-refractivity contribution in [3.8, 4) is 0 Å². The molecule has 1 N–H and O–H groups in total.